The third-order valence-corrected chi connectivity index (χ3v) is 3.32. The molecule has 0 radical (unpaired) electrons. The predicted molar refractivity (Wildman–Crippen MR) is 82.8 cm³/mol. The molecule has 6 nitrogen and oxygen atoms in total. The van der Waals surface area contributed by atoms with Crippen molar-refractivity contribution in [1.82, 2.24) is 4.57 Å². The van der Waals surface area contributed by atoms with Gasteiger partial charge in [-0.3, -0.25) is 9.36 Å². The molecule has 2 aromatic rings. The van der Waals surface area contributed by atoms with Gasteiger partial charge >= 0.3 is 0 Å². The molecule has 0 aliphatic carbocycles. The van der Waals surface area contributed by atoms with Crippen LogP contribution in [0.1, 0.15) is 31.0 Å². The summed E-state index contributed by atoms with van der Waals surface area (Å²) in [5, 5.41) is 27.1. The topological polar surface area (TPSA) is 90.7 Å². The standard InChI is InChI=1S/C16H15FN4O2/c1-9(2)21-15(22)13(8-18)10(3)14(16(21)23)20-19-12-6-4-11(17)5-7-12/h4-7,9,22H,1-3H3. The Balaban J connectivity index is 2.63. The zero-order valence-corrected chi connectivity index (χ0v) is 12.9. The molecule has 2 rings (SSSR count). The highest BCUT2D eigenvalue weighted by Crippen LogP contribution is 2.28. The number of halogens is 1. The van der Waals surface area contributed by atoms with Crippen molar-refractivity contribution in [3.8, 4) is 11.9 Å². The molecular formula is C16H15FN4O2. The molecule has 1 aromatic heterocycles. The highest BCUT2D eigenvalue weighted by Gasteiger charge is 2.20. The molecular weight excluding hydrogens is 299 g/mol. The molecule has 118 valence electrons. The zero-order valence-electron chi connectivity index (χ0n) is 12.9. The predicted octanol–water partition coefficient (Wildman–Crippen LogP) is 3.87. The van der Waals surface area contributed by atoms with E-state index in [4.69, 9.17) is 0 Å². The van der Waals surface area contributed by atoms with E-state index in [1.807, 2.05) is 6.07 Å². The van der Waals surface area contributed by atoms with Crippen molar-refractivity contribution >= 4 is 11.4 Å². The number of rotatable bonds is 3. The van der Waals surface area contributed by atoms with Crippen LogP contribution in [-0.4, -0.2) is 9.67 Å². The molecule has 0 aliphatic heterocycles. The van der Waals surface area contributed by atoms with Crippen LogP contribution in [0.4, 0.5) is 15.8 Å². The summed E-state index contributed by atoms with van der Waals surface area (Å²) in [5.41, 5.74) is 0.0224. The largest absolute Gasteiger partial charge is 0.493 e. The van der Waals surface area contributed by atoms with Crippen molar-refractivity contribution in [2.45, 2.75) is 26.8 Å². The number of hydrogen-bond acceptors (Lipinski definition) is 5. The molecule has 0 aliphatic rings. The lowest BCUT2D eigenvalue weighted by atomic mass is 10.1. The minimum Gasteiger partial charge on any atom is -0.493 e. The van der Waals surface area contributed by atoms with E-state index in [1.165, 1.54) is 31.2 Å². The maximum Gasteiger partial charge on any atom is 0.281 e. The average molecular weight is 314 g/mol. The molecule has 1 heterocycles. The van der Waals surface area contributed by atoms with Gasteiger partial charge in [0.1, 0.15) is 17.4 Å². The minimum absolute atomic E-state index is 0.0219. The third kappa shape index (κ3) is 3.11. The van der Waals surface area contributed by atoms with E-state index in [2.05, 4.69) is 10.2 Å². The molecule has 0 atom stereocenters. The van der Waals surface area contributed by atoms with Gasteiger partial charge in [-0.15, -0.1) is 5.11 Å². The van der Waals surface area contributed by atoms with Crippen molar-refractivity contribution in [3.05, 3.63) is 51.6 Å². The van der Waals surface area contributed by atoms with Gasteiger partial charge in [0.25, 0.3) is 5.56 Å². The van der Waals surface area contributed by atoms with Crippen LogP contribution >= 0.6 is 0 Å². The lowest BCUT2D eigenvalue weighted by Crippen LogP contribution is -2.23. The number of nitrogens with zero attached hydrogens (tertiary/aromatic N) is 4. The number of nitriles is 1. The van der Waals surface area contributed by atoms with Crippen LogP contribution in [0.5, 0.6) is 5.88 Å². The third-order valence-electron chi connectivity index (χ3n) is 3.32. The fraction of sp³-hybridized carbons (Fsp3) is 0.250. The Morgan fingerprint density at radius 3 is 2.39 bits per heavy atom. The number of azo groups is 1. The van der Waals surface area contributed by atoms with Crippen LogP contribution in [0, 0.1) is 24.1 Å². The molecule has 0 fully saturated rings. The SMILES string of the molecule is Cc1c(C#N)c(O)n(C(C)C)c(=O)c1N=Nc1ccc(F)cc1. The molecule has 0 saturated heterocycles. The summed E-state index contributed by atoms with van der Waals surface area (Å²) in [6, 6.07) is 6.81. The van der Waals surface area contributed by atoms with E-state index in [-0.39, 0.29) is 28.7 Å². The quantitative estimate of drug-likeness (QED) is 0.872. The van der Waals surface area contributed by atoms with Gasteiger partial charge < -0.3 is 5.11 Å². The molecule has 0 saturated carbocycles. The Kier molecular flexibility index (Phi) is 4.55. The van der Waals surface area contributed by atoms with Gasteiger partial charge in [-0.25, -0.2) is 4.39 Å². The summed E-state index contributed by atoms with van der Waals surface area (Å²) in [5.74, 6) is -0.788. The zero-order chi connectivity index (χ0) is 17.1. The van der Waals surface area contributed by atoms with Gasteiger partial charge in [0.2, 0.25) is 5.88 Å². The molecule has 7 heteroatoms. The second-order valence-corrected chi connectivity index (χ2v) is 5.23. The van der Waals surface area contributed by atoms with Crippen molar-refractivity contribution < 1.29 is 9.50 Å². The van der Waals surface area contributed by atoms with Crippen molar-refractivity contribution in [2.24, 2.45) is 10.2 Å². The number of hydrogen-bond donors (Lipinski definition) is 1. The summed E-state index contributed by atoms with van der Waals surface area (Å²) in [6.45, 7) is 4.93. The Hall–Kier alpha value is -3.01. The summed E-state index contributed by atoms with van der Waals surface area (Å²) in [7, 11) is 0. The van der Waals surface area contributed by atoms with E-state index in [0.29, 0.717) is 5.69 Å². The smallest absolute Gasteiger partial charge is 0.281 e. The van der Waals surface area contributed by atoms with E-state index in [9.17, 15) is 19.6 Å². The van der Waals surface area contributed by atoms with Gasteiger partial charge in [0, 0.05) is 11.6 Å². The van der Waals surface area contributed by atoms with E-state index >= 15 is 0 Å². The molecule has 1 aromatic carbocycles. The maximum atomic E-state index is 12.9. The van der Waals surface area contributed by atoms with Gasteiger partial charge in [0.05, 0.1) is 5.69 Å². The van der Waals surface area contributed by atoms with Crippen LogP contribution in [0.3, 0.4) is 0 Å². The lowest BCUT2D eigenvalue weighted by molar-refractivity contribution is 0.386. The Morgan fingerprint density at radius 2 is 1.87 bits per heavy atom. The fourth-order valence-electron chi connectivity index (χ4n) is 2.12. The normalized spacial score (nSPS) is 11.1. The van der Waals surface area contributed by atoms with E-state index in [0.717, 1.165) is 4.57 Å². The fourth-order valence-corrected chi connectivity index (χ4v) is 2.12. The first kappa shape index (κ1) is 16.4. The van der Waals surface area contributed by atoms with Gasteiger partial charge in [-0.1, -0.05) is 0 Å². The van der Waals surface area contributed by atoms with Crippen molar-refractivity contribution in [1.29, 1.82) is 5.26 Å². The van der Waals surface area contributed by atoms with Gasteiger partial charge in [-0.2, -0.15) is 10.4 Å². The van der Waals surface area contributed by atoms with Crippen LogP contribution in [0.25, 0.3) is 0 Å². The van der Waals surface area contributed by atoms with Crippen molar-refractivity contribution in [3.63, 3.8) is 0 Å². The van der Waals surface area contributed by atoms with Gasteiger partial charge in [-0.05, 0) is 45.0 Å². The average Bonchev–Trinajstić information content (AvgIpc) is 2.49. The van der Waals surface area contributed by atoms with E-state index in [1.54, 1.807) is 13.8 Å². The number of aromatic hydroxyl groups is 1. The Bertz CT molecular complexity index is 862. The number of aromatic nitrogens is 1. The molecule has 0 amide bonds. The molecule has 23 heavy (non-hydrogen) atoms. The Labute approximate surface area is 132 Å². The van der Waals surface area contributed by atoms with Crippen LogP contribution in [-0.2, 0) is 0 Å². The molecule has 0 unspecified atom stereocenters. The lowest BCUT2D eigenvalue weighted by Gasteiger charge is -2.15. The summed E-state index contributed by atoms with van der Waals surface area (Å²) in [4.78, 5) is 12.5. The van der Waals surface area contributed by atoms with Gasteiger partial charge in [0.15, 0.2) is 5.69 Å². The van der Waals surface area contributed by atoms with Crippen LogP contribution in [0.2, 0.25) is 0 Å². The second kappa shape index (κ2) is 6.40. The molecule has 1 N–H and O–H groups in total. The molecule has 0 spiro atoms. The first-order valence-corrected chi connectivity index (χ1v) is 6.92. The summed E-state index contributed by atoms with van der Waals surface area (Å²) >= 11 is 0. The minimum atomic E-state index is -0.542. The summed E-state index contributed by atoms with van der Waals surface area (Å²) in [6.07, 6.45) is 0. The Morgan fingerprint density at radius 1 is 1.26 bits per heavy atom. The summed E-state index contributed by atoms with van der Waals surface area (Å²) < 4.78 is 14.0. The highest BCUT2D eigenvalue weighted by molar-refractivity contribution is 5.56. The number of pyridine rings is 1. The molecule has 0 bridgehead atoms. The van der Waals surface area contributed by atoms with Crippen LogP contribution in [0.15, 0.2) is 39.3 Å². The van der Waals surface area contributed by atoms with Crippen LogP contribution < -0.4 is 5.56 Å². The second-order valence-electron chi connectivity index (χ2n) is 5.23. The maximum absolute atomic E-state index is 12.9. The highest BCUT2D eigenvalue weighted by atomic mass is 19.1. The first-order valence-electron chi connectivity index (χ1n) is 6.92. The van der Waals surface area contributed by atoms with Crippen molar-refractivity contribution in [2.75, 3.05) is 0 Å². The van der Waals surface area contributed by atoms with E-state index < -0.39 is 11.4 Å². The first-order chi connectivity index (χ1) is 10.9. The monoisotopic (exact) mass is 314 g/mol. The number of benzene rings is 1.